The molecule has 2 unspecified atom stereocenters. The zero-order valence-corrected chi connectivity index (χ0v) is 10.1. The number of nitrogens with two attached hydrogens (primary N) is 1. The van der Waals surface area contributed by atoms with E-state index >= 15 is 0 Å². The van der Waals surface area contributed by atoms with Crippen molar-refractivity contribution in [2.75, 3.05) is 13.1 Å². The Balaban J connectivity index is 1.81. The zero-order valence-electron chi connectivity index (χ0n) is 10.1. The molecule has 88 valence electrons. The second-order valence-corrected chi connectivity index (χ2v) is 5.61. The second-order valence-electron chi connectivity index (χ2n) is 5.61. The van der Waals surface area contributed by atoms with E-state index in [1.165, 1.54) is 58.0 Å². The number of hydrogen-bond acceptors (Lipinski definition) is 2. The average Bonchev–Trinajstić information content (AvgIpc) is 2.26. The van der Waals surface area contributed by atoms with Crippen LogP contribution in [0.15, 0.2) is 0 Å². The van der Waals surface area contributed by atoms with Crippen LogP contribution in [0.3, 0.4) is 0 Å². The molecule has 15 heavy (non-hydrogen) atoms. The summed E-state index contributed by atoms with van der Waals surface area (Å²) in [5.41, 5.74) is 6.27. The van der Waals surface area contributed by atoms with Crippen LogP contribution in [0.5, 0.6) is 0 Å². The monoisotopic (exact) mass is 210 g/mol. The standard InChI is InChI=1S/C13H26N2/c1-11-6-5-9-15(13(11)14)10-12-7-3-2-4-8-12/h11-13H,2-10,14H2,1H3. The van der Waals surface area contributed by atoms with Crippen LogP contribution in [0.4, 0.5) is 0 Å². The summed E-state index contributed by atoms with van der Waals surface area (Å²) in [5.74, 6) is 1.64. The van der Waals surface area contributed by atoms with Crippen molar-refractivity contribution in [3.63, 3.8) is 0 Å². The Hall–Kier alpha value is -0.0800. The lowest BCUT2D eigenvalue weighted by atomic mass is 9.87. The highest BCUT2D eigenvalue weighted by molar-refractivity contribution is 4.80. The highest BCUT2D eigenvalue weighted by Crippen LogP contribution is 2.27. The first kappa shape index (κ1) is 11.4. The summed E-state index contributed by atoms with van der Waals surface area (Å²) in [5, 5.41) is 0. The first-order valence-corrected chi connectivity index (χ1v) is 6.77. The van der Waals surface area contributed by atoms with Gasteiger partial charge < -0.3 is 5.73 Å². The normalized spacial score (nSPS) is 35.6. The van der Waals surface area contributed by atoms with Gasteiger partial charge in [-0.05, 0) is 44.1 Å². The molecule has 2 N–H and O–H groups in total. The molecule has 2 heteroatoms. The van der Waals surface area contributed by atoms with Gasteiger partial charge in [-0.15, -0.1) is 0 Å². The minimum absolute atomic E-state index is 0.334. The van der Waals surface area contributed by atoms with E-state index < -0.39 is 0 Å². The van der Waals surface area contributed by atoms with Crippen molar-refractivity contribution >= 4 is 0 Å². The summed E-state index contributed by atoms with van der Waals surface area (Å²) in [6.07, 6.45) is 10.2. The number of piperidine rings is 1. The molecule has 1 aliphatic carbocycles. The van der Waals surface area contributed by atoms with Gasteiger partial charge in [-0.2, -0.15) is 0 Å². The largest absolute Gasteiger partial charge is 0.316 e. The van der Waals surface area contributed by atoms with Gasteiger partial charge in [0.1, 0.15) is 0 Å². The summed E-state index contributed by atoms with van der Waals surface area (Å²) < 4.78 is 0. The predicted molar refractivity (Wildman–Crippen MR) is 64.5 cm³/mol. The quantitative estimate of drug-likeness (QED) is 0.759. The van der Waals surface area contributed by atoms with E-state index in [0.29, 0.717) is 12.1 Å². The Morgan fingerprint density at radius 2 is 1.80 bits per heavy atom. The van der Waals surface area contributed by atoms with Crippen molar-refractivity contribution in [2.24, 2.45) is 17.6 Å². The van der Waals surface area contributed by atoms with Crippen LogP contribution in [-0.4, -0.2) is 24.2 Å². The Bertz CT molecular complexity index is 187. The topological polar surface area (TPSA) is 29.3 Å². The molecule has 2 nitrogen and oxygen atoms in total. The van der Waals surface area contributed by atoms with E-state index in [0.717, 1.165) is 5.92 Å². The molecule has 0 radical (unpaired) electrons. The van der Waals surface area contributed by atoms with E-state index in [2.05, 4.69) is 11.8 Å². The van der Waals surface area contributed by atoms with Gasteiger partial charge in [0.2, 0.25) is 0 Å². The zero-order chi connectivity index (χ0) is 10.7. The minimum atomic E-state index is 0.334. The predicted octanol–water partition coefficient (Wildman–Crippen LogP) is 2.58. The molecule has 2 atom stereocenters. The SMILES string of the molecule is CC1CCCN(CC2CCCCC2)C1N. The van der Waals surface area contributed by atoms with Gasteiger partial charge in [0, 0.05) is 6.54 Å². The summed E-state index contributed by atoms with van der Waals surface area (Å²) in [7, 11) is 0. The summed E-state index contributed by atoms with van der Waals surface area (Å²) >= 11 is 0. The maximum Gasteiger partial charge on any atom is 0.0598 e. The molecule has 1 saturated heterocycles. The molecule has 2 rings (SSSR count). The smallest absolute Gasteiger partial charge is 0.0598 e. The summed E-state index contributed by atoms with van der Waals surface area (Å²) in [6.45, 7) is 4.81. The van der Waals surface area contributed by atoms with Crippen LogP contribution in [0, 0.1) is 11.8 Å². The molecule has 1 heterocycles. The molecular weight excluding hydrogens is 184 g/mol. The second kappa shape index (κ2) is 5.31. The van der Waals surface area contributed by atoms with Gasteiger partial charge in [0.05, 0.1) is 6.17 Å². The molecule has 0 aromatic rings. The number of nitrogens with zero attached hydrogens (tertiary/aromatic N) is 1. The molecule has 1 aliphatic heterocycles. The Kier molecular flexibility index (Phi) is 4.04. The fourth-order valence-electron chi connectivity index (χ4n) is 3.21. The summed E-state index contributed by atoms with van der Waals surface area (Å²) in [4.78, 5) is 2.55. The van der Waals surface area contributed by atoms with Crippen molar-refractivity contribution in [1.82, 2.24) is 4.90 Å². The molecule has 0 bridgehead atoms. The van der Waals surface area contributed by atoms with Crippen LogP contribution in [0.1, 0.15) is 51.9 Å². The van der Waals surface area contributed by atoms with Crippen molar-refractivity contribution in [2.45, 2.75) is 58.0 Å². The van der Waals surface area contributed by atoms with Gasteiger partial charge in [-0.1, -0.05) is 26.2 Å². The molecule has 2 aliphatic rings. The van der Waals surface area contributed by atoms with E-state index in [9.17, 15) is 0 Å². The lowest BCUT2D eigenvalue weighted by Crippen LogP contribution is -2.51. The molecule has 0 spiro atoms. The van der Waals surface area contributed by atoms with Crippen LogP contribution < -0.4 is 5.73 Å². The fourth-order valence-corrected chi connectivity index (χ4v) is 3.21. The average molecular weight is 210 g/mol. The molecule has 0 amide bonds. The van der Waals surface area contributed by atoms with E-state index in [-0.39, 0.29) is 0 Å². The maximum absolute atomic E-state index is 6.27. The minimum Gasteiger partial charge on any atom is -0.316 e. The Morgan fingerprint density at radius 3 is 2.53 bits per heavy atom. The van der Waals surface area contributed by atoms with Gasteiger partial charge in [0.15, 0.2) is 0 Å². The molecule has 0 aromatic carbocycles. The molecule has 0 aromatic heterocycles. The molecule has 1 saturated carbocycles. The first-order chi connectivity index (χ1) is 7.27. The van der Waals surface area contributed by atoms with Crippen LogP contribution in [0.2, 0.25) is 0 Å². The summed E-state index contributed by atoms with van der Waals surface area (Å²) in [6, 6.07) is 0. The van der Waals surface area contributed by atoms with Gasteiger partial charge in [0.25, 0.3) is 0 Å². The highest BCUT2D eigenvalue weighted by atomic mass is 15.2. The van der Waals surface area contributed by atoms with Gasteiger partial charge in [-0.25, -0.2) is 0 Å². The van der Waals surface area contributed by atoms with Crippen LogP contribution >= 0.6 is 0 Å². The lowest BCUT2D eigenvalue weighted by molar-refractivity contribution is 0.0795. The third-order valence-corrected chi connectivity index (χ3v) is 4.33. The Morgan fingerprint density at radius 1 is 1.07 bits per heavy atom. The first-order valence-electron chi connectivity index (χ1n) is 6.77. The Labute approximate surface area is 94.2 Å². The van der Waals surface area contributed by atoms with Gasteiger partial charge in [-0.3, -0.25) is 4.90 Å². The lowest BCUT2D eigenvalue weighted by Gasteiger charge is -2.40. The number of rotatable bonds is 2. The fraction of sp³-hybridized carbons (Fsp3) is 1.00. The third kappa shape index (κ3) is 2.94. The van der Waals surface area contributed by atoms with E-state index in [1.807, 2.05) is 0 Å². The van der Waals surface area contributed by atoms with Crippen molar-refractivity contribution < 1.29 is 0 Å². The van der Waals surface area contributed by atoms with Crippen LogP contribution in [0.25, 0.3) is 0 Å². The van der Waals surface area contributed by atoms with E-state index in [4.69, 9.17) is 5.73 Å². The molecular formula is C13H26N2. The highest BCUT2D eigenvalue weighted by Gasteiger charge is 2.27. The molecule has 2 fully saturated rings. The number of likely N-dealkylation sites (tertiary alicyclic amines) is 1. The third-order valence-electron chi connectivity index (χ3n) is 4.33. The van der Waals surface area contributed by atoms with Crippen molar-refractivity contribution in [3.05, 3.63) is 0 Å². The van der Waals surface area contributed by atoms with Crippen molar-refractivity contribution in [3.8, 4) is 0 Å². The van der Waals surface area contributed by atoms with Crippen molar-refractivity contribution in [1.29, 1.82) is 0 Å². The number of hydrogen-bond donors (Lipinski definition) is 1. The maximum atomic E-state index is 6.27. The van der Waals surface area contributed by atoms with E-state index in [1.54, 1.807) is 0 Å². The van der Waals surface area contributed by atoms with Gasteiger partial charge >= 0.3 is 0 Å². The van der Waals surface area contributed by atoms with Crippen LogP contribution in [-0.2, 0) is 0 Å².